The van der Waals surface area contributed by atoms with Gasteiger partial charge < -0.3 is 18.6 Å². The van der Waals surface area contributed by atoms with E-state index in [-0.39, 0.29) is 29.5 Å². The van der Waals surface area contributed by atoms with Gasteiger partial charge in [0.15, 0.2) is 0 Å². The van der Waals surface area contributed by atoms with E-state index >= 15 is 0 Å². The molecule has 0 amide bonds. The third kappa shape index (κ3) is 3.61. The van der Waals surface area contributed by atoms with Crippen molar-refractivity contribution in [3.05, 3.63) is 64.7 Å². The summed E-state index contributed by atoms with van der Waals surface area (Å²) in [6.07, 6.45) is 7.55. The van der Waals surface area contributed by atoms with Gasteiger partial charge in [0.1, 0.15) is 0 Å². The number of rotatable bonds is 2. The lowest BCUT2D eigenvalue weighted by Gasteiger charge is -2.32. The van der Waals surface area contributed by atoms with Gasteiger partial charge in [-0.15, -0.1) is 0 Å². The van der Waals surface area contributed by atoms with Crippen LogP contribution in [0.1, 0.15) is 84.1 Å². The number of hydrogen-bond acceptors (Lipinski definition) is 4. The van der Waals surface area contributed by atoms with Gasteiger partial charge in [0.2, 0.25) is 0 Å². The second-order valence-corrected chi connectivity index (χ2v) is 13.7. The van der Waals surface area contributed by atoms with Gasteiger partial charge in [0.05, 0.1) is 22.4 Å². The average molecular weight is 520 g/mol. The second kappa shape index (κ2) is 8.10. The third-order valence-electron chi connectivity index (χ3n) is 10.2. The number of fused-ring (bicyclic) bond motifs is 7. The van der Waals surface area contributed by atoms with E-state index in [1.165, 1.54) is 49.6 Å². The summed E-state index contributed by atoms with van der Waals surface area (Å²) in [6.45, 7) is 17.0. The van der Waals surface area contributed by atoms with Crippen molar-refractivity contribution in [2.24, 2.45) is 0 Å². The molecule has 0 atom stereocenters. The summed E-state index contributed by atoms with van der Waals surface area (Å²) in [6, 6.07) is 13.5. The third-order valence-corrected chi connectivity index (χ3v) is 10.2. The van der Waals surface area contributed by atoms with Crippen molar-refractivity contribution in [1.29, 1.82) is 0 Å². The van der Waals surface area contributed by atoms with Gasteiger partial charge in [0.25, 0.3) is 0 Å². The van der Waals surface area contributed by atoms with E-state index in [1.54, 1.807) is 0 Å². The fourth-order valence-electron chi connectivity index (χ4n) is 6.60. The van der Waals surface area contributed by atoms with Crippen LogP contribution in [0.2, 0.25) is 0 Å². The van der Waals surface area contributed by atoms with Crippen LogP contribution in [-0.4, -0.2) is 36.6 Å². The summed E-state index contributed by atoms with van der Waals surface area (Å²) >= 11 is 0. The Labute approximate surface area is 233 Å². The molecule has 2 aliphatic heterocycles. The summed E-state index contributed by atoms with van der Waals surface area (Å²) in [5.74, 6) is 0. The molecule has 2 heterocycles. The highest BCUT2D eigenvalue weighted by Crippen LogP contribution is 2.47. The van der Waals surface area contributed by atoms with E-state index in [1.807, 2.05) is 0 Å². The topological polar surface area (TPSA) is 36.9 Å². The van der Waals surface area contributed by atoms with Crippen molar-refractivity contribution in [3.8, 4) is 11.1 Å². The normalized spacial score (nSPS) is 23.3. The van der Waals surface area contributed by atoms with Crippen molar-refractivity contribution < 1.29 is 18.6 Å². The lowest BCUT2D eigenvalue weighted by atomic mass is 9.70. The second-order valence-electron chi connectivity index (χ2n) is 13.7. The van der Waals surface area contributed by atoms with Gasteiger partial charge in [-0.3, -0.25) is 0 Å². The molecule has 2 fully saturated rings. The van der Waals surface area contributed by atoms with Crippen molar-refractivity contribution >= 4 is 42.0 Å². The minimum Gasteiger partial charge on any atom is -0.399 e. The maximum atomic E-state index is 6.57. The minimum absolute atomic E-state index is 0.360. The standard InChI is InChI=1S/C33H38B2O4/c1-30(2)31(3,4)37-34(36-30)26-18-20-17-21-19-27(35-38-32(5,6)33(7,8)39-35)23-14-10-12-16-25(23)29(21)28(20)24-15-11-9-13-22(24)26/h9,11-13,15-16,18-19H,10,14,17H2,1-8H3. The van der Waals surface area contributed by atoms with E-state index in [0.717, 1.165) is 24.7 Å². The van der Waals surface area contributed by atoms with Crippen molar-refractivity contribution in [2.45, 2.75) is 97.1 Å². The summed E-state index contributed by atoms with van der Waals surface area (Å²) in [5.41, 5.74) is 8.88. The fourth-order valence-corrected chi connectivity index (χ4v) is 6.60. The van der Waals surface area contributed by atoms with Gasteiger partial charge in [-0.2, -0.15) is 0 Å². The molecule has 0 saturated carbocycles. The van der Waals surface area contributed by atoms with E-state index in [2.05, 4.69) is 104 Å². The molecule has 0 N–H and O–H groups in total. The molecule has 2 saturated heterocycles. The Morgan fingerprint density at radius 1 is 0.641 bits per heavy atom. The van der Waals surface area contributed by atoms with Crippen LogP contribution in [0, 0.1) is 0 Å². The zero-order valence-electron chi connectivity index (χ0n) is 24.5. The largest absolute Gasteiger partial charge is 0.495 e. The van der Waals surface area contributed by atoms with Crippen LogP contribution in [0.3, 0.4) is 0 Å². The molecule has 4 aliphatic rings. The zero-order valence-corrected chi connectivity index (χ0v) is 24.5. The maximum absolute atomic E-state index is 6.57. The fraction of sp³-hybridized carbons (Fsp3) is 0.455. The van der Waals surface area contributed by atoms with Crippen LogP contribution in [0.4, 0.5) is 0 Å². The van der Waals surface area contributed by atoms with Crippen LogP contribution < -0.4 is 10.9 Å². The van der Waals surface area contributed by atoms with Gasteiger partial charge in [-0.25, -0.2) is 0 Å². The monoisotopic (exact) mass is 520 g/mol. The summed E-state index contributed by atoms with van der Waals surface area (Å²) in [4.78, 5) is 0. The molecule has 4 nitrogen and oxygen atoms in total. The lowest BCUT2D eigenvalue weighted by molar-refractivity contribution is 0.00578. The first-order valence-electron chi connectivity index (χ1n) is 14.4. The van der Waals surface area contributed by atoms with Crippen LogP contribution in [0.15, 0.2) is 42.5 Å². The smallest absolute Gasteiger partial charge is 0.399 e. The van der Waals surface area contributed by atoms with Gasteiger partial charge >= 0.3 is 14.2 Å². The highest BCUT2D eigenvalue weighted by atomic mass is 16.7. The summed E-state index contributed by atoms with van der Waals surface area (Å²) in [5, 5.41) is 2.47. The Morgan fingerprint density at radius 2 is 1.15 bits per heavy atom. The van der Waals surface area contributed by atoms with Crippen molar-refractivity contribution in [3.63, 3.8) is 0 Å². The molecule has 0 spiro atoms. The molecule has 39 heavy (non-hydrogen) atoms. The quantitative estimate of drug-likeness (QED) is 0.306. The van der Waals surface area contributed by atoms with Crippen LogP contribution in [0.25, 0.3) is 28.0 Å². The highest BCUT2D eigenvalue weighted by molar-refractivity contribution is 6.65. The summed E-state index contributed by atoms with van der Waals surface area (Å²) < 4.78 is 26.2. The first kappa shape index (κ1) is 25.6. The zero-order chi connectivity index (χ0) is 27.5. The first-order valence-corrected chi connectivity index (χ1v) is 14.4. The first-order chi connectivity index (χ1) is 18.3. The Balaban J connectivity index is 1.41. The SMILES string of the molecule is CC1(C)OB(c2cc3c(c4c2CCC=C4)-c2c(cc(B4OC(C)(C)C(C)(C)O4)c4ccccc24)C3)OC1(C)C. The Bertz CT molecular complexity index is 1530. The molecular formula is C33H38B2O4. The van der Waals surface area contributed by atoms with Gasteiger partial charge in [0, 0.05) is 0 Å². The average Bonchev–Trinajstić information content (AvgIpc) is 3.42. The van der Waals surface area contributed by atoms with E-state index in [9.17, 15) is 0 Å². The Kier molecular flexibility index (Phi) is 5.31. The van der Waals surface area contributed by atoms with Crippen LogP contribution in [0.5, 0.6) is 0 Å². The van der Waals surface area contributed by atoms with Gasteiger partial charge in [-0.05, 0) is 130 Å². The molecule has 0 unspecified atom stereocenters. The molecule has 6 heteroatoms. The molecular weight excluding hydrogens is 482 g/mol. The van der Waals surface area contributed by atoms with E-state index in [0.29, 0.717) is 0 Å². The molecule has 200 valence electrons. The van der Waals surface area contributed by atoms with Crippen molar-refractivity contribution in [2.75, 3.05) is 0 Å². The predicted molar refractivity (Wildman–Crippen MR) is 161 cm³/mol. The Morgan fingerprint density at radius 3 is 1.77 bits per heavy atom. The molecule has 0 bridgehead atoms. The molecule has 3 aromatic carbocycles. The predicted octanol–water partition coefficient (Wildman–Crippen LogP) is 5.97. The number of allylic oxidation sites excluding steroid dienone is 1. The van der Waals surface area contributed by atoms with E-state index < -0.39 is 7.12 Å². The lowest BCUT2D eigenvalue weighted by Crippen LogP contribution is -2.41. The van der Waals surface area contributed by atoms with Crippen molar-refractivity contribution in [1.82, 2.24) is 0 Å². The Hall–Kier alpha value is -2.37. The van der Waals surface area contributed by atoms with E-state index in [4.69, 9.17) is 18.6 Å². The van der Waals surface area contributed by atoms with Gasteiger partial charge in [-0.1, -0.05) is 48.6 Å². The minimum atomic E-state index is -0.400. The van der Waals surface area contributed by atoms with Crippen LogP contribution in [-0.2, 0) is 31.5 Å². The maximum Gasteiger partial charge on any atom is 0.495 e. The number of benzene rings is 3. The number of hydrogen-bond donors (Lipinski definition) is 0. The summed E-state index contributed by atoms with van der Waals surface area (Å²) in [7, 11) is -0.760. The molecule has 7 rings (SSSR count). The molecule has 2 aliphatic carbocycles. The molecule has 0 radical (unpaired) electrons. The molecule has 3 aromatic rings. The highest BCUT2D eigenvalue weighted by Gasteiger charge is 2.54. The molecule has 0 aromatic heterocycles. The van der Waals surface area contributed by atoms with Crippen LogP contribution >= 0.6 is 0 Å².